The van der Waals surface area contributed by atoms with Gasteiger partial charge in [0.05, 0.1) is 0 Å². The average molecular weight is 359 g/mol. The number of hydrogen-bond acceptors (Lipinski definition) is 0. The van der Waals surface area contributed by atoms with Gasteiger partial charge in [-0.2, -0.15) is 0 Å². The molecule has 4 aromatic rings. The van der Waals surface area contributed by atoms with Crippen molar-refractivity contribution in [2.75, 3.05) is 0 Å². The standard InChI is InChI=1S/C27H21N/c1-3-7-20(8-4-1)11-12-22-13-15-26-24(18-22)25-19-23(14-16-27(25)28-26)17-21-9-5-2-6-10-21/h1-9,11-19,28H,10H2. The molecular formula is C27H21N. The third kappa shape index (κ3) is 3.35. The highest BCUT2D eigenvalue weighted by atomic mass is 14.7. The molecule has 1 heteroatoms. The Labute approximate surface area is 165 Å². The first kappa shape index (κ1) is 16.6. The fraction of sp³-hybridized carbons (Fsp3) is 0.0370. The Balaban J connectivity index is 1.54. The molecule has 1 aliphatic carbocycles. The molecule has 1 aromatic heterocycles. The highest BCUT2D eigenvalue weighted by molar-refractivity contribution is 6.08. The minimum atomic E-state index is 0.997. The van der Waals surface area contributed by atoms with E-state index in [0.717, 1.165) is 6.42 Å². The van der Waals surface area contributed by atoms with Gasteiger partial charge in [0.2, 0.25) is 0 Å². The van der Waals surface area contributed by atoms with Crippen LogP contribution in [-0.4, -0.2) is 4.98 Å². The second kappa shape index (κ2) is 7.21. The molecule has 1 heterocycles. The first-order valence-corrected chi connectivity index (χ1v) is 9.68. The van der Waals surface area contributed by atoms with Crippen LogP contribution in [0.15, 0.2) is 96.6 Å². The van der Waals surface area contributed by atoms with Gasteiger partial charge in [-0.05, 0) is 52.9 Å². The zero-order valence-corrected chi connectivity index (χ0v) is 15.6. The molecule has 5 rings (SSSR count). The quantitative estimate of drug-likeness (QED) is 0.367. The second-order valence-corrected chi connectivity index (χ2v) is 7.19. The highest BCUT2D eigenvalue weighted by Gasteiger charge is 2.06. The van der Waals surface area contributed by atoms with Crippen molar-refractivity contribution in [2.45, 2.75) is 6.42 Å². The van der Waals surface area contributed by atoms with Crippen molar-refractivity contribution >= 4 is 40.0 Å². The van der Waals surface area contributed by atoms with Gasteiger partial charge in [0.1, 0.15) is 0 Å². The Bertz CT molecular complexity index is 1260. The van der Waals surface area contributed by atoms with Crippen LogP contribution in [-0.2, 0) is 0 Å². The maximum absolute atomic E-state index is 3.54. The smallest absolute Gasteiger partial charge is 0.0465 e. The molecule has 0 bridgehead atoms. The zero-order valence-electron chi connectivity index (χ0n) is 15.6. The van der Waals surface area contributed by atoms with Crippen molar-refractivity contribution in [3.63, 3.8) is 0 Å². The SMILES string of the molecule is C1=CCC(=Cc2ccc3[nH]c4ccc(C=Cc5ccccc5)cc4c3c2)C=C1. The van der Waals surface area contributed by atoms with E-state index in [0.29, 0.717) is 0 Å². The molecule has 0 fully saturated rings. The first-order chi connectivity index (χ1) is 13.8. The van der Waals surface area contributed by atoms with Crippen LogP contribution in [0.5, 0.6) is 0 Å². The van der Waals surface area contributed by atoms with Gasteiger partial charge in [-0.25, -0.2) is 0 Å². The Morgan fingerprint density at radius 1 is 0.679 bits per heavy atom. The van der Waals surface area contributed by atoms with E-state index >= 15 is 0 Å². The molecular weight excluding hydrogens is 338 g/mol. The van der Waals surface area contributed by atoms with Gasteiger partial charge >= 0.3 is 0 Å². The molecule has 0 saturated carbocycles. The molecule has 0 saturated heterocycles. The van der Waals surface area contributed by atoms with E-state index in [1.54, 1.807) is 0 Å². The van der Waals surface area contributed by atoms with Gasteiger partial charge in [-0.3, -0.25) is 0 Å². The molecule has 1 N–H and O–H groups in total. The lowest BCUT2D eigenvalue weighted by molar-refractivity contribution is 1.28. The minimum absolute atomic E-state index is 0.997. The average Bonchev–Trinajstić information content (AvgIpc) is 3.11. The molecule has 0 unspecified atom stereocenters. The Hall–Kier alpha value is -3.58. The molecule has 0 amide bonds. The molecule has 0 radical (unpaired) electrons. The van der Waals surface area contributed by atoms with E-state index < -0.39 is 0 Å². The van der Waals surface area contributed by atoms with Crippen molar-refractivity contribution in [1.82, 2.24) is 4.98 Å². The van der Waals surface area contributed by atoms with Crippen LogP contribution in [0.25, 0.3) is 40.0 Å². The van der Waals surface area contributed by atoms with Gasteiger partial charge in [0.25, 0.3) is 0 Å². The van der Waals surface area contributed by atoms with Crippen molar-refractivity contribution in [3.8, 4) is 0 Å². The summed E-state index contributed by atoms with van der Waals surface area (Å²) in [5.74, 6) is 0. The van der Waals surface area contributed by atoms with Crippen LogP contribution in [0.2, 0.25) is 0 Å². The van der Waals surface area contributed by atoms with E-state index in [2.05, 4.69) is 108 Å². The molecule has 134 valence electrons. The number of nitrogens with one attached hydrogen (secondary N) is 1. The normalized spacial score (nSPS) is 15.4. The molecule has 3 aromatic carbocycles. The monoisotopic (exact) mass is 359 g/mol. The number of rotatable bonds is 3. The number of H-pyrrole nitrogens is 1. The van der Waals surface area contributed by atoms with Crippen LogP contribution >= 0.6 is 0 Å². The van der Waals surface area contributed by atoms with E-state index in [9.17, 15) is 0 Å². The predicted molar refractivity (Wildman–Crippen MR) is 122 cm³/mol. The van der Waals surface area contributed by atoms with E-state index in [1.807, 2.05) is 6.07 Å². The lowest BCUT2D eigenvalue weighted by atomic mass is 10.0. The van der Waals surface area contributed by atoms with Gasteiger partial charge in [0, 0.05) is 21.8 Å². The summed E-state index contributed by atoms with van der Waals surface area (Å²) < 4.78 is 0. The third-order valence-corrected chi connectivity index (χ3v) is 5.18. The molecule has 0 spiro atoms. The van der Waals surface area contributed by atoms with Gasteiger partial charge in [-0.1, -0.05) is 85.0 Å². The van der Waals surface area contributed by atoms with Crippen molar-refractivity contribution in [3.05, 3.63) is 113 Å². The zero-order chi connectivity index (χ0) is 18.8. The molecule has 28 heavy (non-hydrogen) atoms. The first-order valence-electron chi connectivity index (χ1n) is 9.68. The Kier molecular flexibility index (Phi) is 4.27. The molecule has 0 aliphatic heterocycles. The minimum Gasteiger partial charge on any atom is -0.355 e. The largest absolute Gasteiger partial charge is 0.355 e. The van der Waals surface area contributed by atoms with Crippen molar-refractivity contribution in [1.29, 1.82) is 0 Å². The van der Waals surface area contributed by atoms with Crippen molar-refractivity contribution in [2.24, 2.45) is 0 Å². The second-order valence-electron chi connectivity index (χ2n) is 7.19. The van der Waals surface area contributed by atoms with E-state index in [1.165, 1.54) is 44.1 Å². The number of allylic oxidation sites excluding steroid dienone is 5. The third-order valence-electron chi connectivity index (χ3n) is 5.18. The van der Waals surface area contributed by atoms with Crippen LogP contribution in [0.1, 0.15) is 23.1 Å². The Morgan fingerprint density at radius 3 is 2.14 bits per heavy atom. The van der Waals surface area contributed by atoms with Crippen LogP contribution in [0.3, 0.4) is 0 Å². The maximum Gasteiger partial charge on any atom is 0.0465 e. The van der Waals surface area contributed by atoms with Crippen LogP contribution in [0.4, 0.5) is 0 Å². The number of fused-ring (bicyclic) bond motifs is 3. The van der Waals surface area contributed by atoms with Crippen LogP contribution in [0, 0.1) is 0 Å². The number of benzene rings is 3. The van der Waals surface area contributed by atoms with Crippen molar-refractivity contribution < 1.29 is 0 Å². The van der Waals surface area contributed by atoms with Gasteiger partial charge in [-0.15, -0.1) is 0 Å². The maximum atomic E-state index is 3.54. The Morgan fingerprint density at radius 2 is 1.39 bits per heavy atom. The summed E-state index contributed by atoms with van der Waals surface area (Å²) in [5, 5.41) is 2.54. The summed E-state index contributed by atoms with van der Waals surface area (Å²) in [6, 6.07) is 23.7. The lowest BCUT2D eigenvalue weighted by Crippen LogP contribution is -1.81. The van der Waals surface area contributed by atoms with Gasteiger partial charge < -0.3 is 4.98 Å². The molecule has 1 nitrogen and oxygen atoms in total. The van der Waals surface area contributed by atoms with Gasteiger partial charge in [0.15, 0.2) is 0 Å². The molecule has 1 aliphatic rings. The topological polar surface area (TPSA) is 15.8 Å². The van der Waals surface area contributed by atoms with E-state index in [4.69, 9.17) is 0 Å². The lowest BCUT2D eigenvalue weighted by Gasteiger charge is -2.03. The summed E-state index contributed by atoms with van der Waals surface area (Å²) in [6.07, 6.45) is 16.2. The predicted octanol–water partition coefficient (Wildman–Crippen LogP) is 7.39. The fourth-order valence-electron chi connectivity index (χ4n) is 3.73. The fourth-order valence-corrected chi connectivity index (χ4v) is 3.73. The highest BCUT2D eigenvalue weighted by Crippen LogP contribution is 2.29. The summed E-state index contributed by atoms with van der Waals surface area (Å²) >= 11 is 0. The summed E-state index contributed by atoms with van der Waals surface area (Å²) in [5.41, 5.74) is 7.37. The van der Waals surface area contributed by atoms with E-state index in [-0.39, 0.29) is 0 Å². The summed E-state index contributed by atoms with van der Waals surface area (Å²) in [7, 11) is 0. The summed E-state index contributed by atoms with van der Waals surface area (Å²) in [4.78, 5) is 3.54. The van der Waals surface area contributed by atoms with Crippen LogP contribution < -0.4 is 0 Å². The number of hydrogen-bond donors (Lipinski definition) is 1. The number of aromatic nitrogens is 1. The molecule has 0 atom stereocenters. The summed E-state index contributed by atoms with van der Waals surface area (Å²) in [6.45, 7) is 0. The number of aromatic amines is 1.